The predicted molar refractivity (Wildman–Crippen MR) is 102 cm³/mol. The smallest absolute Gasteiger partial charge is 0.264 e. The number of fused-ring (bicyclic) bond motifs is 1. The molecule has 0 bridgehead atoms. The maximum absolute atomic E-state index is 13.2. The van der Waals surface area contributed by atoms with E-state index in [2.05, 4.69) is 12.2 Å². The lowest BCUT2D eigenvalue weighted by Crippen LogP contribution is -2.34. The highest BCUT2D eigenvalue weighted by atomic mass is 32.1. The molecule has 138 valence electrons. The maximum atomic E-state index is 13.2. The van der Waals surface area contributed by atoms with Crippen LogP contribution in [0.5, 0.6) is 0 Å². The highest BCUT2D eigenvalue weighted by molar-refractivity contribution is 7.14. The minimum atomic E-state index is -0.415. The lowest BCUT2D eigenvalue weighted by atomic mass is 9.87. The third-order valence-corrected chi connectivity index (χ3v) is 6.03. The topological polar surface area (TPSA) is 49.4 Å². The van der Waals surface area contributed by atoms with Crippen molar-refractivity contribution in [1.29, 1.82) is 0 Å². The van der Waals surface area contributed by atoms with Crippen molar-refractivity contribution < 1.29 is 14.0 Å². The van der Waals surface area contributed by atoms with Gasteiger partial charge in [0, 0.05) is 17.6 Å². The van der Waals surface area contributed by atoms with Crippen molar-refractivity contribution in [3.8, 4) is 0 Å². The molecule has 1 N–H and O–H groups in total. The molecule has 1 unspecified atom stereocenters. The number of nitrogens with zero attached hydrogens (tertiary/aromatic N) is 1. The number of aryl methyl sites for hydroxylation is 1. The number of hydrogen-bond donors (Lipinski definition) is 1. The molecule has 1 heterocycles. The van der Waals surface area contributed by atoms with Crippen LogP contribution in [0.4, 0.5) is 10.1 Å². The van der Waals surface area contributed by atoms with Gasteiger partial charge in [0.25, 0.3) is 5.91 Å². The van der Waals surface area contributed by atoms with Crippen LogP contribution in [0.25, 0.3) is 0 Å². The number of benzene rings is 1. The van der Waals surface area contributed by atoms with Crippen LogP contribution in [0.1, 0.15) is 39.9 Å². The summed E-state index contributed by atoms with van der Waals surface area (Å²) in [7, 11) is 1.61. The Kier molecular flexibility index (Phi) is 5.71. The fourth-order valence-electron chi connectivity index (χ4n) is 3.30. The zero-order valence-corrected chi connectivity index (χ0v) is 15.9. The van der Waals surface area contributed by atoms with Gasteiger partial charge in [-0.25, -0.2) is 4.39 Å². The molecule has 4 nitrogen and oxygen atoms in total. The van der Waals surface area contributed by atoms with Gasteiger partial charge in [0.05, 0.1) is 11.4 Å². The molecule has 1 aromatic heterocycles. The number of anilines is 1. The molecule has 0 radical (unpaired) electrons. The third kappa shape index (κ3) is 4.30. The van der Waals surface area contributed by atoms with Gasteiger partial charge < -0.3 is 10.2 Å². The summed E-state index contributed by atoms with van der Waals surface area (Å²) in [5.74, 6) is -0.206. The Bertz CT molecular complexity index is 818. The highest BCUT2D eigenvalue weighted by Crippen LogP contribution is 2.33. The van der Waals surface area contributed by atoms with Gasteiger partial charge in [-0.2, -0.15) is 0 Å². The Morgan fingerprint density at radius 1 is 1.35 bits per heavy atom. The quantitative estimate of drug-likeness (QED) is 0.856. The molecule has 0 saturated carbocycles. The van der Waals surface area contributed by atoms with Gasteiger partial charge >= 0.3 is 0 Å². The van der Waals surface area contributed by atoms with Crippen molar-refractivity contribution in [1.82, 2.24) is 4.90 Å². The second-order valence-corrected chi connectivity index (χ2v) is 7.93. The second kappa shape index (κ2) is 7.99. The summed E-state index contributed by atoms with van der Waals surface area (Å²) in [5.41, 5.74) is 1.67. The summed E-state index contributed by atoms with van der Waals surface area (Å²) in [6.45, 7) is 2.13. The van der Waals surface area contributed by atoms with Gasteiger partial charge in [-0.05, 0) is 55.0 Å². The Morgan fingerprint density at radius 3 is 2.88 bits per heavy atom. The van der Waals surface area contributed by atoms with Gasteiger partial charge in [0.15, 0.2) is 0 Å². The van der Waals surface area contributed by atoms with E-state index < -0.39 is 5.82 Å². The molecule has 0 saturated heterocycles. The molecule has 1 aromatic carbocycles. The third-order valence-electron chi connectivity index (χ3n) is 4.81. The molecular weight excluding hydrogens is 351 g/mol. The van der Waals surface area contributed by atoms with Gasteiger partial charge in [-0.3, -0.25) is 9.59 Å². The average Bonchev–Trinajstić information content (AvgIpc) is 3.03. The van der Waals surface area contributed by atoms with Gasteiger partial charge in [0.1, 0.15) is 5.82 Å². The first kappa shape index (κ1) is 18.6. The van der Waals surface area contributed by atoms with Gasteiger partial charge in [-0.15, -0.1) is 11.3 Å². The van der Waals surface area contributed by atoms with Crippen LogP contribution >= 0.6 is 11.3 Å². The van der Waals surface area contributed by atoms with E-state index in [0.29, 0.717) is 16.5 Å². The summed E-state index contributed by atoms with van der Waals surface area (Å²) in [6.07, 6.45) is 4.43. The van der Waals surface area contributed by atoms with Crippen molar-refractivity contribution in [2.75, 3.05) is 18.9 Å². The first-order chi connectivity index (χ1) is 12.5. The Labute approximate surface area is 157 Å². The lowest BCUT2D eigenvalue weighted by molar-refractivity contribution is -0.116. The van der Waals surface area contributed by atoms with Crippen LogP contribution in [-0.2, 0) is 17.6 Å². The molecule has 2 amide bonds. The van der Waals surface area contributed by atoms with Crippen molar-refractivity contribution >= 4 is 28.8 Å². The SMILES string of the molecule is CCC1CCc2sc(C(=O)N(C)CC(=O)Nc3cccc(F)c3)cc2C1. The van der Waals surface area contributed by atoms with E-state index in [9.17, 15) is 14.0 Å². The first-order valence-electron chi connectivity index (χ1n) is 8.88. The summed E-state index contributed by atoms with van der Waals surface area (Å²) in [4.78, 5) is 28.2. The number of nitrogens with one attached hydrogen (secondary N) is 1. The van der Waals surface area contributed by atoms with E-state index in [4.69, 9.17) is 0 Å². The highest BCUT2D eigenvalue weighted by Gasteiger charge is 2.24. The molecule has 3 rings (SSSR count). The van der Waals surface area contributed by atoms with E-state index in [1.807, 2.05) is 6.07 Å². The van der Waals surface area contributed by atoms with Crippen molar-refractivity contribution in [3.05, 3.63) is 51.5 Å². The van der Waals surface area contributed by atoms with E-state index in [0.717, 1.165) is 12.8 Å². The number of rotatable bonds is 5. The fourth-order valence-corrected chi connectivity index (χ4v) is 4.50. The van der Waals surface area contributed by atoms with Crippen molar-refractivity contribution in [2.45, 2.75) is 32.6 Å². The largest absolute Gasteiger partial charge is 0.332 e. The van der Waals surface area contributed by atoms with Crippen molar-refractivity contribution in [3.63, 3.8) is 0 Å². The molecule has 0 spiro atoms. The molecule has 6 heteroatoms. The summed E-state index contributed by atoms with van der Waals surface area (Å²) < 4.78 is 13.2. The van der Waals surface area contributed by atoms with Crippen molar-refractivity contribution in [2.24, 2.45) is 5.92 Å². The average molecular weight is 374 g/mol. The molecule has 0 aliphatic heterocycles. The maximum Gasteiger partial charge on any atom is 0.264 e. The number of likely N-dealkylation sites (N-methyl/N-ethyl adjacent to an activating group) is 1. The molecule has 2 aromatic rings. The number of thiophene rings is 1. The number of carbonyl (C=O) groups excluding carboxylic acids is 2. The fraction of sp³-hybridized carbons (Fsp3) is 0.400. The predicted octanol–water partition coefficient (Wildman–Crippen LogP) is 4.11. The number of halogens is 1. The van der Waals surface area contributed by atoms with Gasteiger partial charge in [0.2, 0.25) is 5.91 Å². The monoisotopic (exact) mass is 374 g/mol. The lowest BCUT2D eigenvalue weighted by Gasteiger charge is -2.19. The minimum Gasteiger partial charge on any atom is -0.332 e. The first-order valence-corrected chi connectivity index (χ1v) is 9.70. The molecule has 1 atom stereocenters. The van der Waals surface area contributed by atoms with Gasteiger partial charge in [-0.1, -0.05) is 19.4 Å². The standard InChI is InChI=1S/C20H23FN2O2S/c1-3-13-7-8-17-14(9-13)10-18(26-17)20(25)23(2)12-19(24)22-16-6-4-5-15(21)11-16/h4-6,10-11,13H,3,7-9,12H2,1-2H3,(H,22,24). The Balaban J connectivity index is 1.61. The van der Waals surface area contributed by atoms with E-state index >= 15 is 0 Å². The molecule has 1 aliphatic rings. The van der Waals surface area contributed by atoms with Crippen LogP contribution in [0.15, 0.2) is 30.3 Å². The van der Waals surface area contributed by atoms with E-state index in [1.54, 1.807) is 24.5 Å². The number of amides is 2. The molecule has 26 heavy (non-hydrogen) atoms. The zero-order chi connectivity index (χ0) is 18.7. The molecule has 0 fully saturated rings. The zero-order valence-electron chi connectivity index (χ0n) is 15.0. The van der Waals surface area contributed by atoms with Crippen LogP contribution < -0.4 is 5.32 Å². The summed E-state index contributed by atoms with van der Waals surface area (Å²) in [5, 5.41) is 2.61. The Morgan fingerprint density at radius 2 is 2.15 bits per heavy atom. The molecule has 1 aliphatic carbocycles. The van der Waals surface area contributed by atoms with Crippen LogP contribution in [0.2, 0.25) is 0 Å². The van der Waals surface area contributed by atoms with Crippen LogP contribution in [0.3, 0.4) is 0 Å². The number of carbonyl (C=O) groups is 2. The minimum absolute atomic E-state index is 0.0739. The van der Waals surface area contributed by atoms with Crippen LogP contribution in [0, 0.1) is 11.7 Å². The van der Waals surface area contributed by atoms with E-state index in [1.165, 1.54) is 46.4 Å². The Hall–Kier alpha value is -2.21. The normalized spacial score (nSPS) is 16.0. The summed E-state index contributed by atoms with van der Waals surface area (Å²) >= 11 is 1.54. The summed E-state index contributed by atoms with van der Waals surface area (Å²) in [6, 6.07) is 7.69. The second-order valence-electron chi connectivity index (χ2n) is 6.80. The van der Waals surface area contributed by atoms with E-state index in [-0.39, 0.29) is 18.4 Å². The van der Waals surface area contributed by atoms with Crippen LogP contribution in [-0.4, -0.2) is 30.3 Å². The molecular formula is C20H23FN2O2S. The number of hydrogen-bond acceptors (Lipinski definition) is 3.